The maximum Gasteiger partial charge on any atom is 0.255 e. The van der Waals surface area contributed by atoms with Crippen LogP contribution in [-0.4, -0.2) is 36.7 Å². The van der Waals surface area contributed by atoms with E-state index < -0.39 is 10.0 Å². The highest BCUT2D eigenvalue weighted by Crippen LogP contribution is 2.26. The van der Waals surface area contributed by atoms with Crippen LogP contribution in [0.25, 0.3) is 10.6 Å². The number of thiazole rings is 1. The van der Waals surface area contributed by atoms with E-state index in [1.807, 2.05) is 29.6 Å². The van der Waals surface area contributed by atoms with Crippen LogP contribution in [0, 0.1) is 6.92 Å². The highest BCUT2D eigenvalue weighted by Gasteiger charge is 2.28. The highest BCUT2D eigenvalue weighted by molar-refractivity contribution is 7.89. The molecule has 6 nitrogen and oxygen atoms in total. The van der Waals surface area contributed by atoms with Crippen molar-refractivity contribution in [3.63, 3.8) is 0 Å². The number of aromatic nitrogens is 1. The number of hydrogen-bond acceptors (Lipinski definition) is 5. The van der Waals surface area contributed by atoms with Crippen molar-refractivity contribution in [1.29, 1.82) is 0 Å². The van der Waals surface area contributed by atoms with Gasteiger partial charge in [-0.1, -0.05) is 12.5 Å². The number of benzene rings is 2. The quantitative estimate of drug-likeness (QED) is 0.630. The number of nitrogens with zero attached hydrogens (tertiary/aromatic N) is 2. The van der Waals surface area contributed by atoms with Gasteiger partial charge in [-0.25, -0.2) is 13.4 Å². The second-order valence-electron chi connectivity index (χ2n) is 7.31. The Kier molecular flexibility index (Phi) is 5.99. The summed E-state index contributed by atoms with van der Waals surface area (Å²) in [6.07, 6.45) is 4.54. The Morgan fingerprint density at radius 3 is 2.47 bits per heavy atom. The van der Waals surface area contributed by atoms with Gasteiger partial charge in [0.05, 0.1) is 4.90 Å². The van der Waals surface area contributed by atoms with Gasteiger partial charge in [-0.2, -0.15) is 4.31 Å². The van der Waals surface area contributed by atoms with Gasteiger partial charge in [0.25, 0.3) is 5.91 Å². The average molecular weight is 442 g/mol. The zero-order valence-corrected chi connectivity index (χ0v) is 18.3. The van der Waals surface area contributed by atoms with Crippen LogP contribution < -0.4 is 5.32 Å². The molecule has 1 amide bonds. The van der Waals surface area contributed by atoms with Crippen molar-refractivity contribution in [2.24, 2.45) is 0 Å². The summed E-state index contributed by atoms with van der Waals surface area (Å²) >= 11 is 1.55. The minimum absolute atomic E-state index is 0.205. The Bertz CT molecular complexity index is 1130. The predicted octanol–water partition coefficient (Wildman–Crippen LogP) is 4.55. The van der Waals surface area contributed by atoms with E-state index in [1.165, 1.54) is 10.4 Å². The van der Waals surface area contributed by atoms with E-state index >= 15 is 0 Å². The van der Waals surface area contributed by atoms with Crippen LogP contribution in [0.5, 0.6) is 0 Å². The lowest BCUT2D eigenvalue weighted by molar-refractivity contribution is 0.102. The summed E-state index contributed by atoms with van der Waals surface area (Å²) in [7, 11) is -3.60. The summed E-state index contributed by atoms with van der Waals surface area (Å²) in [5.74, 6) is -0.341. The summed E-state index contributed by atoms with van der Waals surface area (Å²) in [6.45, 7) is 2.82. The molecule has 1 aromatic heterocycles. The lowest BCUT2D eigenvalue weighted by Gasteiger charge is -2.26. The van der Waals surface area contributed by atoms with Gasteiger partial charge in [0.15, 0.2) is 0 Å². The van der Waals surface area contributed by atoms with Crippen molar-refractivity contribution in [3.05, 3.63) is 65.2 Å². The fourth-order valence-corrected chi connectivity index (χ4v) is 5.94. The molecule has 1 fully saturated rings. The van der Waals surface area contributed by atoms with E-state index in [1.54, 1.807) is 36.6 Å². The fraction of sp³-hybridized carbons (Fsp3) is 0.273. The molecule has 3 aromatic rings. The number of rotatable bonds is 5. The van der Waals surface area contributed by atoms with Crippen LogP contribution >= 0.6 is 11.3 Å². The molecule has 2 aromatic carbocycles. The second-order valence-corrected chi connectivity index (χ2v) is 10.1. The first kappa shape index (κ1) is 20.7. The molecule has 30 heavy (non-hydrogen) atoms. The van der Waals surface area contributed by atoms with Crippen LogP contribution in [0.2, 0.25) is 0 Å². The first-order valence-corrected chi connectivity index (χ1v) is 12.2. The number of anilines is 1. The smallest absolute Gasteiger partial charge is 0.255 e. The van der Waals surface area contributed by atoms with E-state index in [2.05, 4.69) is 10.3 Å². The summed E-state index contributed by atoms with van der Waals surface area (Å²) in [4.78, 5) is 17.2. The highest BCUT2D eigenvalue weighted by atomic mass is 32.2. The third-order valence-electron chi connectivity index (χ3n) is 5.21. The molecule has 8 heteroatoms. The normalized spacial score (nSPS) is 15.1. The number of nitrogens with one attached hydrogen (secondary N) is 1. The van der Waals surface area contributed by atoms with Gasteiger partial charge in [0.1, 0.15) is 5.01 Å². The van der Waals surface area contributed by atoms with Crippen molar-refractivity contribution in [2.45, 2.75) is 31.1 Å². The topological polar surface area (TPSA) is 79.4 Å². The molecular formula is C22H23N3O3S2. The molecule has 0 atom stereocenters. The number of hydrogen-bond donors (Lipinski definition) is 1. The largest absolute Gasteiger partial charge is 0.322 e. The maximum atomic E-state index is 13.1. The van der Waals surface area contributed by atoms with Crippen LogP contribution in [0.15, 0.2) is 58.9 Å². The lowest BCUT2D eigenvalue weighted by atomic mass is 10.1. The summed E-state index contributed by atoms with van der Waals surface area (Å²) in [5, 5.41) is 5.67. The van der Waals surface area contributed by atoms with Gasteiger partial charge < -0.3 is 5.32 Å². The van der Waals surface area contributed by atoms with Gasteiger partial charge in [-0.15, -0.1) is 11.3 Å². The van der Waals surface area contributed by atoms with Crippen molar-refractivity contribution >= 4 is 33.0 Å². The molecule has 1 aliphatic rings. The maximum absolute atomic E-state index is 13.1. The number of carbonyl (C=O) groups excluding carboxylic acids is 1. The SMILES string of the molecule is Cc1ccc(C(=O)Nc2ccc(-c3nccs3)cc2)cc1S(=O)(=O)N1CCCCC1. The van der Waals surface area contributed by atoms with Gasteiger partial charge in [0.2, 0.25) is 10.0 Å². The van der Waals surface area contributed by atoms with Crippen LogP contribution in [0.4, 0.5) is 5.69 Å². The van der Waals surface area contributed by atoms with Crippen molar-refractivity contribution in [1.82, 2.24) is 9.29 Å². The zero-order chi connectivity index (χ0) is 21.1. The van der Waals surface area contributed by atoms with Crippen LogP contribution in [0.3, 0.4) is 0 Å². The molecule has 0 aliphatic carbocycles. The Hall–Kier alpha value is -2.55. The predicted molar refractivity (Wildman–Crippen MR) is 119 cm³/mol. The molecule has 0 unspecified atom stereocenters. The summed E-state index contributed by atoms with van der Waals surface area (Å²) < 4.78 is 27.7. The van der Waals surface area contributed by atoms with E-state index in [0.717, 1.165) is 29.8 Å². The molecule has 1 saturated heterocycles. The average Bonchev–Trinajstić information content (AvgIpc) is 3.30. The number of amides is 1. The fourth-order valence-electron chi connectivity index (χ4n) is 3.53. The van der Waals surface area contributed by atoms with Crippen molar-refractivity contribution in [2.75, 3.05) is 18.4 Å². The molecule has 0 saturated carbocycles. The molecular weight excluding hydrogens is 418 g/mol. The molecule has 0 radical (unpaired) electrons. The third-order valence-corrected chi connectivity index (χ3v) is 8.07. The molecule has 2 heterocycles. The van der Waals surface area contributed by atoms with E-state index in [9.17, 15) is 13.2 Å². The van der Waals surface area contributed by atoms with Crippen LogP contribution in [0.1, 0.15) is 35.2 Å². The molecule has 1 aliphatic heterocycles. The Labute approximate surface area is 180 Å². The summed E-state index contributed by atoms with van der Waals surface area (Å²) in [5.41, 5.74) is 2.58. The van der Waals surface area contributed by atoms with Crippen LogP contribution in [-0.2, 0) is 10.0 Å². The number of aryl methyl sites for hydroxylation is 1. The van der Waals surface area contributed by atoms with Gasteiger partial charge in [-0.3, -0.25) is 4.79 Å². The first-order chi connectivity index (χ1) is 14.4. The third kappa shape index (κ3) is 4.30. The number of carbonyl (C=O) groups is 1. The number of piperidine rings is 1. The van der Waals surface area contributed by atoms with Gasteiger partial charge in [-0.05, 0) is 61.7 Å². The van der Waals surface area contributed by atoms with Crippen molar-refractivity contribution < 1.29 is 13.2 Å². The monoisotopic (exact) mass is 441 g/mol. The van der Waals surface area contributed by atoms with E-state index in [-0.39, 0.29) is 10.8 Å². The van der Waals surface area contributed by atoms with Gasteiger partial charge >= 0.3 is 0 Å². The van der Waals surface area contributed by atoms with Gasteiger partial charge in [0, 0.05) is 41.5 Å². The Morgan fingerprint density at radius 2 is 1.80 bits per heavy atom. The Balaban J connectivity index is 1.54. The van der Waals surface area contributed by atoms with E-state index in [4.69, 9.17) is 0 Å². The minimum atomic E-state index is -3.60. The first-order valence-electron chi connectivity index (χ1n) is 9.87. The standard InChI is InChI=1S/C22H23N3O3S2/c1-16-5-6-18(15-20(16)30(27,28)25-12-3-2-4-13-25)21(26)24-19-9-7-17(8-10-19)22-23-11-14-29-22/h5-11,14-15H,2-4,12-13H2,1H3,(H,24,26). The zero-order valence-electron chi connectivity index (χ0n) is 16.7. The molecule has 1 N–H and O–H groups in total. The Morgan fingerprint density at radius 1 is 1.07 bits per heavy atom. The molecule has 156 valence electrons. The lowest BCUT2D eigenvalue weighted by Crippen LogP contribution is -2.36. The minimum Gasteiger partial charge on any atom is -0.322 e. The van der Waals surface area contributed by atoms with E-state index in [0.29, 0.717) is 29.9 Å². The summed E-state index contributed by atoms with van der Waals surface area (Å²) in [6, 6.07) is 12.3. The number of sulfonamides is 1. The van der Waals surface area contributed by atoms with Crippen molar-refractivity contribution in [3.8, 4) is 10.6 Å². The molecule has 0 bridgehead atoms. The molecule has 4 rings (SSSR count). The molecule has 0 spiro atoms. The second kappa shape index (κ2) is 8.67.